The second kappa shape index (κ2) is 2.65. The summed E-state index contributed by atoms with van der Waals surface area (Å²) in [5.74, 6) is 0.954. The minimum atomic E-state index is -0.0975. The Kier molecular flexibility index (Phi) is 1.81. The lowest BCUT2D eigenvalue weighted by Gasteiger charge is -2.16. The Hall–Kier alpha value is -0.690. The topological polar surface area (TPSA) is 9.23 Å². The quantitative estimate of drug-likeness (QED) is 0.618. The third-order valence-corrected chi connectivity index (χ3v) is 2.62. The molecule has 0 saturated carbocycles. The Labute approximate surface area is 83.7 Å². The van der Waals surface area contributed by atoms with Crippen LogP contribution in [0.15, 0.2) is 12.1 Å². The number of hydrogen-bond donors (Lipinski definition) is 0. The molecule has 2 rings (SSSR count). The molecular weight excluding hydrogens is 184 g/mol. The molecular formula is C11H13ClO. The Morgan fingerprint density at radius 2 is 2.08 bits per heavy atom. The number of rotatable bonds is 0. The van der Waals surface area contributed by atoms with Gasteiger partial charge in [-0.25, -0.2) is 0 Å². The number of benzene rings is 1. The van der Waals surface area contributed by atoms with Gasteiger partial charge in [0.25, 0.3) is 0 Å². The number of hydrogen-bond acceptors (Lipinski definition) is 1. The van der Waals surface area contributed by atoms with Gasteiger partial charge < -0.3 is 4.74 Å². The van der Waals surface area contributed by atoms with Crippen LogP contribution < -0.4 is 4.74 Å². The maximum Gasteiger partial charge on any atom is 0.125 e. The van der Waals surface area contributed by atoms with E-state index in [4.69, 9.17) is 16.3 Å². The maximum atomic E-state index is 6.12. The molecule has 0 fully saturated rings. The largest absolute Gasteiger partial charge is 0.487 e. The van der Waals surface area contributed by atoms with Crippen LogP contribution in [0, 0.1) is 6.92 Å². The van der Waals surface area contributed by atoms with Gasteiger partial charge in [-0.1, -0.05) is 11.6 Å². The van der Waals surface area contributed by atoms with Gasteiger partial charge in [-0.3, -0.25) is 0 Å². The molecule has 1 aliphatic heterocycles. The monoisotopic (exact) mass is 196 g/mol. The molecule has 1 aromatic carbocycles. The van der Waals surface area contributed by atoms with Gasteiger partial charge in [0.05, 0.1) is 0 Å². The smallest absolute Gasteiger partial charge is 0.125 e. The van der Waals surface area contributed by atoms with E-state index in [0.717, 1.165) is 28.3 Å². The minimum Gasteiger partial charge on any atom is -0.487 e. The summed E-state index contributed by atoms with van der Waals surface area (Å²) in [5.41, 5.74) is 2.21. The molecule has 13 heavy (non-hydrogen) atoms. The lowest BCUT2D eigenvalue weighted by atomic mass is 10.0. The average molecular weight is 197 g/mol. The fourth-order valence-electron chi connectivity index (χ4n) is 1.76. The Bertz CT molecular complexity index is 355. The van der Waals surface area contributed by atoms with Crippen molar-refractivity contribution in [1.29, 1.82) is 0 Å². The van der Waals surface area contributed by atoms with E-state index >= 15 is 0 Å². The second-order valence-corrected chi connectivity index (χ2v) is 4.67. The number of ether oxygens (including phenoxy) is 1. The number of aryl methyl sites for hydroxylation is 1. The van der Waals surface area contributed by atoms with Crippen LogP contribution in [0.5, 0.6) is 5.75 Å². The number of fused-ring (bicyclic) bond motifs is 1. The molecule has 0 radical (unpaired) electrons. The van der Waals surface area contributed by atoms with E-state index in [0.29, 0.717) is 0 Å². The van der Waals surface area contributed by atoms with E-state index in [9.17, 15) is 0 Å². The first-order valence-electron chi connectivity index (χ1n) is 4.46. The van der Waals surface area contributed by atoms with Gasteiger partial charge in [-0.05, 0) is 38.5 Å². The predicted octanol–water partition coefficient (Wildman–Crippen LogP) is 3.36. The van der Waals surface area contributed by atoms with Gasteiger partial charge in [-0.15, -0.1) is 0 Å². The highest BCUT2D eigenvalue weighted by atomic mass is 35.5. The van der Waals surface area contributed by atoms with Crippen LogP contribution in [-0.4, -0.2) is 5.60 Å². The summed E-state index contributed by atoms with van der Waals surface area (Å²) in [5, 5.41) is 0.834. The van der Waals surface area contributed by atoms with E-state index in [1.807, 2.05) is 13.0 Å². The van der Waals surface area contributed by atoms with Crippen molar-refractivity contribution in [1.82, 2.24) is 0 Å². The second-order valence-electron chi connectivity index (χ2n) is 4.26. The molecule has 1 heterocycles. The van der Waals surface area contributed by atoms with Gasteiger partial charge >= 0.3 is 0 Å². The molecule has 1 nitrogen and oxygen atoms in total. The fraction of sp³-hybridized carbons (Fsp3) is 0.455. The first kappa shape index (κ1) is 8.89. The normalized spacial score (nSPS) is 18.2. The van der Waals surface area contributed by atoms with Crippen LogP contribution in [0.3, 0.4) is 0 Å². The van der Waals surface area contributed by atoms with Crippen LogP contribution in [-0.2, 0) is 6.42 Å². The summed E-state index contributed by atoms with van der Waals surface area (Å²) in [7, 11) is 0. The molecule has 0 N–H and O–H groups in total. The zero-order valence-corrected chi connectivity index (χ0v) is 8.90. The van der Waals surface area contributed by atoms with Gasteiger partial charge in [0.15, 0.2) is 0 Å². The molecule has 0 amide bonds. The van der Waals surface area contributed by atoms with Crippen molar-refractivity contribution in [2.45, 2.75) is 32.8 Å². The lowest BCUT2D eigenvalue weighted by Crippen LogP contribution is -2.24. The highest BCUT2D eigenvalue weighted by Gasteiger charge is 2.31. The van der Waals surface area contributed by atoms with Crippen LogP contribution in [0.4, 0.5) is 0 Å². The van der Waals surface area contributed by atoms with Crippen molar-refractivity contribution in [3.63, 3.8) is 0 Å². The van der Waals surface area contributed by atoms with Crippen LogP contribution in [0.1, 0.15) is 25.0 Å². The van der Waals surface area contributed by atoms with Gasteiger partial charge in [0.1, 0.15) is 11.4 Å². The summed E-state index contributed by atoms with van der Waals surface area (Å²) >= 11 is 6.12. The fourth-order valence-corrected chi connectivity index (χ4v) is 2.09. The van der Waals surface area contributed by atoms with Crippen molar-refractivity contribution in [2.24, 2.45) is 0 Å². The molecule has 0 aromatic heterocycles. The standard InChI is InChI=1S/C11H13ClO/c1-7-4-9(12)8-6-11(2,3)13-10(8)5-7/h4-5H,6H2,1-3H3. The van der Waals surface area contributed by atoms with E-state index in [2.05, 4.69) is 19.9 Å². The third-order valence-electron chi connectivity index (χ3n) is 2.29. The van der Waals surface area contributed by atoms with E-state index in [-0.39, 0.29) is 5.60 Å². The molecule has 0 spiro atoms. The summed E-state index contributed by atoms with van der Waals surface area (Å²) in [6.45, 7) is 6.19. The lowest BCUT2D eigenvalue weighted by molar-refractivity contribution is 0.138. The van der Waals surface area contributed by atoms with Crippen molar-refractivity contribution in [2.75, 3.05) is 0 Å². The Balaban J connectivity index is 2.52. The molecule has 1 aliphatic rings. The molecule has 0 unspecified atom stereocenters. The summed E-state index contributed by atoms with van der Waals surface area (Å²) < 4.78 is 5.77. The first-order valence-corrected chi connectivity index (χ1v) is 4.84. The SMILES string of the molecule is Cc1cc(Cl)c2c(c1)OC(C)(C)C2. The van der Waals surface area contributed by atoms with Gasteiger partial charge in [-0.2, -0.15) is 0 Å². The minimum absolute atomic E-state index is 0.0975. The molecule has 70 valence electrons. The molecule has 0 aliphatic carbocycles. The molecule has 2 heteroatoms. The molecule has 0 bridgehead atoms. The highest BCUT2D eigenvalue weighted by molar-refractivity contribution is 6.31. The summed E-state index contributed by atoms with van der Waals surface area (Å²) in [4.78, 5) is 0. The van der Waals surface area contributed by atoms with Crippen molar-refractivity contribution in [3.05, 3.63) is 28.3 Å². The third kappa shape index (κ3) is 1.53. The van der Waals surface area contributed by atoms with Crippen LogP contribution in [0.2, 0.25) is 5.02 Å². The van der Waals surface area contributed by atoms with Crippen molar-refractivity contribution >= 4 is 11.6 Å². The molecule has 0 atom stereocenters. The Morgan fingerprint density at radius 1 is 1.38 bits per heavy atom. The van der Waals surface area contributed by atoms with Crippen LogP contribution in [0.25, 0.3) is 0 Å². The van der Waals surface area contributed by atoms with Crippen molar-refractivity contribution < 1.29 is 4.74 Å². The average Bonchev–Trinajstić information content (AvgIpc) is 2.23. The summed E-state index contributed by atoms with van der Waals surface area (Å²) in [6.07, 6.45) is 0.904. The predicted molar refractivity (Wildman–Crippen MR) is 54.6 cm³/mol. The van der Waals surface area contributed by atoms with E-state index < -0.39 is 0 Å². The number of halogens is 1. The van der Waals surface area contributed by atoms with E-state index in [1.54, 1.807) is 0 Å². The van der Waals surface area contributed by atoms with E-state index in [1.165, 1.54) is 0 Å². The molecule has 0 saturated heterocycles. The Morgan fingerprint density at radius 3 is 2.77 bits per heavy atom. The van der Waals surface area contributed by atoms with Gasteiger partial charge in [0, 0.05) is 17.0 Å². The maximum absolute atomic E-state index is 6.12. The summed E-state index contributed by atoms with van der Waals surface area (Å²) in [6, 6.07) is 4.04. The molecule has 1 aromatic rings. The zero-order valence-electron chi connectivity index (χ0n) is 8.15. The van der Waals surface area contributed by atoms with Crippen molar-refractivity contribution in [3.8, 4) is 5.75 Å². The first-order chi connectivity index (χ1) is 5.98. The van der Waals surface area contributed by atoms with Gasteiger partial charge in [0.2, 0.25) is 0 Å². The zero-order chi connectivity index (χ0) is 9.64. The highest BCUT2D eigenvalue weighted by Crippen LogP contribution is 2.39. The van der Waals surface area contributed by atoms with Crippen LogP contribution >= 0.6 is 11.6 Å².